The fourth-order valence-corrected chi connectivity index (χ4v) is 1.72. The molecule has 0 atom stereocenters. The van der Waals surface area contributed by atoms with Crippen molar-refractivity contribution in [2.24, 2.45) is 0 Å². The zero-order valence-corrected chi connectivity index (χ0v) is 10.7. The van der Waals surface area contributed by atoms with Crippen LogP contribution in [0, 0.1) is 0 Å². The first-order valence-electron chi connectivity index (χ1n) is 5.96. The van der Waals surface area contributed by atoms with Gasteiger partial charge in [-0.3, -0.25) is 9.59 Å². The first-order chi connectivity index (χ1) is 8.08. The second-order valence-corrected chi connectivity index (χ2v) is 4.00. The van der Waals surface area contributed by atoms with Crippen molar-refractivity contribution in [3.63, 3.8) is 0 Å². The standard InChI is InChI=1S/C14H19NO2/c1-4-15(5-2)14(17)10-12-6-8-13(9-7-12)11(3)16/h6-9H,4-5,10H2,1-3H3. The molecule has 3 nitrogen and oxygen atoms in total. The molecule has 0 N–H and O–H groups in total. The van der Waals surface area contributed by atoms with E-state index in [0.717, 1.165) is 18.7 Å². The van der Waals surface area contributed by atoms with Gasteiger partial charge in [0.15, 0.2) is 5.78 Å². The second-order valence-electron chi connectivity index (χ2n) is 4.00. The van der Waals surface area contributed by atoms with E-state index in [1.807, 2.05) is 26.0 Å². The Morgan fingerprint density at radius 2 is 1.59 bits per heavy atom. The van der Waals surface area contributed by atoms with Gasteiger partial charge >= 0.3 is 0 Å². The molecule has 3 heteroatoms. The number of likely N-dealkylation sites (N-methyl/N-ethyl adjacent to an activating group) is 1. The van der Waals surface area contributed by atoms with Crippen molar-refractivity contribution in [1.29, 1.82) is 0 Å². The van der Waals surface area contributed by atoms with Gasteiger partial charge in [-0.2, -0.15) is 0 Å². The minimum atomic E-state index is 0.0478. The minimum absolute atomic E-state index is 0.0478. The van der Waals surface area contributed by atoms with E-state index in [9.17, 15) is 9.59 Å². The smallest absolute Gasteiger partial charge is 0.226 e. The van der Waals surface area contributed by atoms with Crippen LogP contribution >= 0.6 is 0 Å². The molecule has 0 heterocycles. The van der Waals surface area contributed by atoms with Crippen LogP contribution in [-0.2, 0) is 11.2 Å². The molecule has 0 saturated heterocycles. The summed E-state index contributed by atoms with van der Waals surface area (Å²) in [6, 6.07) is 7.23. The van der Waals surface area contributed by atoms with E-state index in [4.69, 9.17) is 0 Å². The highest BCUT2D eigenvalue weighted by Crippen LogP contribution is 2.07. The molecule has 0 aromatic heterocycles. The van der Waals surface area contributed by atoms with Crippen LogP contribution in [0.2, 0.25) is 0 Å². The van der Waals surface area contributed by atoms with Crippen LogP contribution in [0.5, 0.6) is 0 Å². The number of hydrogen-bond donors (Lipinski definition) is 0. The number of carbonyl (C=O) groups excluding carboxylic acids is 2. The largest absolute Gasteiger partial charge is 0.343 e. The van der Waals surface area contributed by atoms with Gasteiger partial charge in [0.05, 0.1) is 6.42 Å². The monoisotopic (exact) mass is 233 g/mol. The Balaban J connectivity index is 2.69. The van der Waals surface area contributed by atoms with Gasteiger partial charge < -0.3 is 4.90 Å². The molecule has 0 spiro atoms. The van der Waals surface area contributed by atoms with E-state index < -0.39 is 0 Å². The molecular weight excluding hydrogens is 214 g/mol. The summed E-state index contributed by atoms with van der Waals surface area (Å²) in [4.78, 5) is 24.8. The quantitative estimate of drug-likeness (QED) is 0.732. The van der Waals surface area contributed by atoms with E-state index in [-0.39, 0.29) is 11.7 Å². The van der Waals surface area contributed by atoms with E-state index in [0.29, 0.717) is 12.0 Å². The van der Waals surface area contributed by atoms with Crippen LogP contribution in [0.4, 0.5) is 0 Å². The van der Waals surface area contributed by atoms with Gasteiger partial charge in [0.25, 0.3) is 0 Å². The number of amides is 1. The van der Waals surface area contributed by atoms with Gasteiger partial charge in [-0.05, 0) is 26.3 Å². The number of nitrogens with zero attached hydrogens (tertiary/aromatic N) is 1. The number of hydrogen-bond acceptors (Lipinski definition) is 2. The molecule has 0 unspecified atom stereocenters. The van der Waals surface area contributed by atoms with Crippen molar-refractivity contribution in [1.82, 2.24) is 4.90 Å². The fourth-order valence-electron chi connectivity index (χ4n) is 1.72. The first kappa shape index (κ1) is 13.4. The normalized spacial score (nSPS) is 10.1. The summed E-state index contributed by atoms with van der Waals surface area (Å²) in [5.41, 5.74) is 1.64. The molecule has 17 heavy (non-hydrogen) atoms. The maximum absolute atomic E-state index is 11.9. The average Bonchev–Trinajstić information content (AvgIpc) is 2.31. The summed E-state index contributed by atoms with van der Waals surface area (Å²) in [5, 5.41) is 0. The first-order valence-corrected chi connectivity index (χ1v) is 5.96. The zero-order valence-electron chi connectivity index (χ0n) is 10.7. The van der Waals surface area contributed by atoms with Crippen molar-refractivity contribution in [3.05, 3.63) is 35.4 Å². The SMILES string of the molecule is CCN(CC)C(=O)Cc1ccc(C(C)=O)cc1. The third kappa shape index (κ3) is 3.70. The molecule has 1 rings (SSSR count). The van der Waals surface area contributed by atoms with E-state index in [1.54, 1.807) is 17.0 Å². The highest BCUT2D eigenvalue weighted by atomic mass is 16.2. The third-order valence-electron chi connectivity index (χ3n) is 2.83. The Bertz CT molecular complexity index is 391. The van der Waals surface area contributed by atoms with E-state index >= 15 is 0 Å². The molecule has 0 radical (unpaired) electrons. The molecule has 0 aliphatic rings. The lowest BCUT2D eigenvalue weighted by atomic mass is 10.1. The Morgan fingerprint density at radius 1 is 1.06 bits per heavy atom. The Labute approximate surface area is 102 Å². The number of carbonyl (C=O) groups is 2. The lowest BCUT2D eigenvalue weighted by Gasteiger charge is -2.18. The molecule has 1 aromatic rings. The van der Waals surface area contributed by atoms with Crippen molar-refractivity contribution in [2.75, 3.05) is 13.1 Å². The van der Waals surface area contributed by atoms with E-state index in [1.165, 1.54) is 6.92 Å². The predicted molar refractivity (Wildman–Crippen MR) is 68.1 cm³/mol. The molecular formula is C14H19NO2. The molecule has 0 bridgehead atoms. The van der Waals surface area contributed by atoms with Gasteiger partial charge in [-0.15, -0.1) is 0 Å². The Hall–Kier alpha value is -1.64. The molecule has 0 fully saturated rings. The predicted octanol–water partition coefficient (Wildman–Crippen LogP) is 2.30. The average molecular weight is 233 g/mol. The summed E-state index contributed by atoms with van der Waals surface area (Å²) >= 11 is 0. The van der Waals surface area contributed by atoms with Crippen LogP contribution in [0.1, 0.15) is 36.7 Å². The Morgan fingerprint density at radius 3 is 2.00 bits per heavy atom. The maximum Gasteiger partial charge on any atom is 0.226 e. The van der Waals surface area contributed by atoms with Crippen LogP contribution in [0.3, 0.4) is 0 Å². The molecule has 1 aromatic carbocycles. The van der Waals surface area contributed by atoms with Gasteiger partial charge in [-0.25, -0.2) is 0 Å². The van der Waals surface area contributed by atoms with Gasteiger partial charge in [0.2, 0.25) is 5.91 Å². The fraction of sp³-hybridized carbons (Fsp3) is 0.429. The third-order valence-corrected chi connectivity index (χ3v) is 2.83. The minimum Gasteiger partial charge on any atom is -0.343 e. The summed E-state index contributed by atoms with van der Waals surface area (Å²) in [7, 11) is 0. The van der Waals surface area contributed by atoms with Crippen molar-refractivity contribution in [3.8, 4) is 0 Å². The van der Waals surface area contributed by atoms with Crippen LogP contribution in [0.25, 0.3) is 0 Å². The van der Waals surface area contributed by atoms with Gasteiger partial charge in [-0.1, -0.05) is 24.3 Å². The van der Waals surface area contributed by atoms with Crippen LogP contribution in [0.15, 0.2) is 24.3 Å². The highest BCUT2D eigenvalue weighted by molar-refractivity contribution is 5.94. The molecule has 0 saturated carbocycles. The zero-order chi connectivity index (χ0) is 12.8. The lowest BCUT2D eigenvalue weighted by molar-refractivity contribution is -0.130. The summed E-state index contributed by atoms with van der Waals surface area (Å²) in [6.45, 7) is 6.96. The van der Waals surface area contributed by atoms with Crippen LogP contribution in [-0.4, -0.2) is 29.7 Å². The molecule has 0 aliphatic heterocycles. The molecule has 0 aliphatic carbocycles. The van der Waals surface area contributed by atoms with Crippen molar-refractivity contribution in [2.45, 2.75) is 27.2 Å². The molecule has 92 valence electrons. The molecule has 1 amide bonds. The second kappa shape index (κ2) is 6.18. The van der Waals surface area contributed by atoms with Gasteiger partial charge in [0, 0.05) is 18.7 Å². The van der Waals surface area contributed by atoms with Crippen molar-refractivity contribution >= 4 is 11.7 Å². The van der Waals surface area contributed by atoms with Crippen LogP contribution < -0.4 is 0 Å². The summed E-state index contributed by atoms with van der Waals surface area (Å²) in [5.74, 6) is 0.178. The highest BCUT2D eigenvalue weighted by Gasteiger charge is 2.10. The lowest BCUT2D eigenvalue weighted by Crippen LogP contribution is -2.31. The number of benzene rings is 1. The van der Waals surface area contributed by atoms with E-state index in [2.05, 4.69) is 0 Å². The number of rotatable bonds is 5. The number of Topliss-reactive ketones (excluding diaryl/α,β-unsaturated/α-hetero) is 1. The maximum atomic E-state index is 11.9. The summed E-state index contributed by atoms with van der Waals surface area (Å²) in [6.07, 6.45) is 0.403. The van der Waals surface area contributed by atoms with Crippen molar-refractivity contribution < 1.29 is 9.59 Å². The number of ketones is 1. The topological polar surface area (TPSA) is 37.4 Å². The summed E-state index contributed by atoms with van der Waals surface area (Å²) < 4.78 is 0. The Kier molecular flexibility index (Phi) is 4.88. The van der Waals surface area contributed by atoms with Gasteiger partial charge in [0.1, 0.15) is 0 Å².